The van der Waals surface area contributed by atoms with Gasteiger partial charge in [-0.15, -0.1) is 6.58 Å². The number of aliphatic hydroxyl groups excluding tert-OH is 1. The van der Waals surface area contributed by atoms with Crippen LogP contribution in [0.2, 0.25) is 0 Å². The normalized spacial score (nSPS) is 14.0. The van der Waals surface area contributed by atoms with E-state index in [9.17, 15) is 14.7 Å². The lowest BCUT2D eigenvalue weighted by molar-refractivity contribution is -0.123. The van der Waals surface area contributed by atoms with E-state index in [1.165, 1.54) is 0 Å². The van der Waals surface area contributed by atoms with Crippen LogP contribution in [-0.2, 0) is 14.3 Å². The van der Waals surface area contributed by atoms with Crippen LogP contribution in [0.3, 0.4) is 0 Å². The van der Waals surface area contributed by atoms with Gasteiger partial charge < -0.3 is 26.2 Å². The molecule has 0 bridgehead atoms. The first-order valence-corrected chi connectivity index (χ1v) is 10.9. The van der Waals surface area contributed by atoms with E-state index in [4.69, 9.17) is 10.5 Å². The monoisotopic (exact) mass is 440 g/mol. The van der Waals surface area contributed by atoms with Gasteiger partial charge in [-0.25, -0.2) is 0 Å². The second-order valence-corrected chi connectivity index (χ2v) is 9.18. The summed E-state index contributed by atoms with van der Waals surface area (Å²) in [6, 6.07) is -0.400. The lowest BCUT2D eigenvalue weighted by Crippen LogP contribution is -2.49. The maximum absolute atomic E-state index is 11.6. The number of rotatable bonds is 18. The van der Waals surface area contributed by atoms with E-state index in [0.717, 1.165) is 12.8 Å². The summed E-state index contributed by atoms with van der Waals surface area (Å²) in [6.45, 7) is 17.0. The highest BCUT2D eigenvalue weighted by Crippen LogP contribution is 2.26. The SMILES string of the molecule is C=CCC(=O)NCCC(C)(C)OCCC(=C)C(O)NCCCC(C)(C)C(NC)C(N)=O. The summed E-state index contributed by atoms with van der Waals surface area (Å²) < 4.78 is 5.90. The maximum Gasteiger partial charge on any atom is 0.235 e. The lowest BCUT2D eigenvalue weighted by Gasteiger charge is -2.32. The van der Waals surface area contributed by atoms with Gasteiger partial charge in [0.15, 0.2) is 0 Å². The number of ether oxygens (including phenoxy) is 1. The first-order valence-electron chi connectivity index (χ1n) is 10.9. The van der Waals surface area contributed by atoms with Crippen LogP contribution in [0.5, 0.6) is 0 Å². The fourth-order valence-electron chi connectivity index (χ4n) is 3.36. The molecule has 0 aliphatic rings. The van der Waals surface area contributed by atoms with Crippen molar-refractivity contribution in [3.8, 4) is 0 Å². The Bertz CT molecular complexity index is 590. The highest BCUT2D eigenvalue weighted by Gasteiger charge is 2.32. The number of nitrogens with two attached hydrogens (primary N) is 1. The van der Waals surface area contributed by atoms with E-state index in [2.05, 4.69) is 29.1 Å². The van der Waals surface area contributed by atoms with Crippen LogP contribution in [0.4, 0.5) is 0 Å². The van der Waals surface area contributed by atoms with Gasteiger partial charge in [0.25, 0.3) is 0 Å². The van der Waals surface area contributed by atoms with Crippen molar-refractivity contribution in [1.82, 2.24) is 16.0 Å². The molecule has 2 unspecified atom stereocenters. The summed E-state index contributed by atoms with van der Waals surface area (Å²) in [5.74, 6) is -0.413. The van der Waals surface area contributed by atoms with Crippen LogP contribution in [0.15, 0.2) is 24.8 Å². The molecule has 2 atom stereocenters. The quantitative estimate of drug-likeness (QED) is 0.125. The third-order valence-electron chi connectivity index (χ3n) is 5.37. The minimum absolute atomic E-state index is 0.0483. The van der Waals surface area contributed by atoms with E-state index >= 15 is 0 Å². The summed E-state index contributed by atoms with van der Waals surface area (Å²) in [5, 5.41) is 19.1. The molecule has 0 aromatic rings. The molecule has 2 amide bonds. The highest BCUT2D eigenvalue weighted by atomic mass is 16.5. The van der Waals surface area contributed by atoms with Crippen LogP contribution in [0.25, 0.3) is 0 Å². The molecule has 6 N–H and O–H groups in total. The third kappa shape index (κ3) is 12.6. The van der Waals surface area contributed by atoms with E-state index in [1.54, 1.807) is 13.1 Å². The molecule has 0 saturated heterocycles. The number of primary amides is 1. The molecule has 8 nitrogen and oxygen atoms in total. The predicted octanol–water partition coefficient (Wildman–Crippen LogP) is 1.60. The number of carbonyl (C=O) groups excluding carboxylic acids is 2. The summed E-state index contributed by atoms with van der Waals surface area (Å²) >= 11 is 0. The van der Waals surface area contributed by atoms with Crippen molar-refractivity contribution in [2.45, 2.75) is 77.7 Å². The summed E-state index contributed by atoms with van der Waals surface area (Å²) in [5.41, 5.74) is 5.43. The minimum Gasteiger partial charge on any atom is -0.375 e. The molecule has 0 heterocycles. The predicted molar refractivity (Wildman–Crippen MR) is 125 cm³/mol. The smallest absolute Gasteiger partial charge is 0.235 e. The molecule has 0 aromatic carbocycles. The number of nitrogens with one attached hydrogen (secondary N) is 3. The third-order valence-corrected chi connectivity index (χ3v) is 5.37. The number of hydrogen-bond acceptors (Lipinski definition) is 6. The van der Waals surface area contributed by atoms with E-state index in [-0.39, 0.29) is 17.2 Å². The van der Waals surface area contributed by atoms with Crippen LogP contribution < -0.4 is 21.7 Å². The molecule has 180 valence electrons. The fraction of sp³-hybridized carbons (Fsp3) is 0.739. The second-order valence-electron chi connectivity index (χ2n) is 9.18. The number of amides is 2. The molecule has 0 aromatic heterocycles. The number of hydrogen-bond donors (Lipinski definition) is 5. The Morgan fingerprint density at radius 2 is 1.84 bits per heavy atom. The first-order chi connectivity index (χ1) is 14.4. The Morgan fingerprint density at radius 3 is 2.39 bits per heavy atom. The van der Waals surface area contributed by atoms with Gasteiger partial charge >= 0.3 is 0 Å². The van der Waals surface area contributed by atoms with E-state index in [1.807, 2.05) is 27.7 Å². The molecule has 8 heteroatoms. The van der Waals surface area contributed by atoms with Crippen molar-refractivity contribution in [3.63, 3.8) is 0 Å². The zero-order chi connectivity index (χ0) is 24.1. The molecule has 0 spiro atoms. The summed E-state index contributed by atoms with van der Waals surface area (Å²) in [7, 11) is 1.73. The lowest BCUT2D eigenvalue weighted by atomic mass is 9.79. The van der Waals surface area contributed by atoms with Crippen molar-refractivity contribution in [3.05, 3.63) is 24.8 Å². The van der Waals surface area contributed by atoms with Crippen LogP contribution in [0, 0.1) is 5.41 Å². The highest BCUT2D eigenvalue weighted by molar-refractivity contribution is 5.80. The van der Waals surface area contributed by atoms with Crippen LogP contribution >= 0.6 is 0 Å². The van der Waals surface area contributed by atoms with Crippen molar-refractivity contribution in [1.29, 1.82) is 0 Å². The second kappa shape index (κ2) is 14.3. The molecule has 0 saturated carbocycles. The molecular formula is C23H44N4O4. The molecular weight excluding hydrogens is 396 g/mol. The Hall–Kier alpha value is -1.74. The minimum atomic E-state index is -0.816. The molecule has 31 heavy (non-hydrogen) atoms. The summed E-state index contributed by atoms with van der Waals surface area (Å²) in [4.78, 5) is 23.0. The van der Waals surface area contributed by atoms with E-state index in [0.29, 0.717) is 44.5 Å². The number of carbonyl (C=O) groups is 2. The Balaban J connectivity index is 4.15. The van der Waals surface area contributed by atoms with Gasteiger partial charge in [0, 0.05) is 13.0 Å². The standard InChI is InChI=1S/C23H44N4O4/c1-8-10-18(28)26-15-13-23(5,6)31-16-11-17(2)21(30)27-14-9-12-22(3,4)19(25-7)20(24)29/h8,19,21,25,27,30H,1-2,9-16H2,3-7H3,(H2,24,29)(H,26,28). The fourth-order valence-corrected chi connectivity index (χ4v) is 3.36. The van der Waals surface area contributed by atoms with E-state index < -0.39 is 17.9 Å². The maximum atomic E-state index is 11.6. The van der Waals surface area contributed by atoms with Gasteiger partial charge in [-0.2, -0.15) is 0 Å². The van der Waals surface area contributed by atoms with Crippen molar-refractivity contribution < 1.29 is 19.4 Å². The van der Waals surface area contributed by atoms with Gasteiger partial charge in [-0.05, 0) is 64.1 Å². The zero-order valence-corrected chi connectivity index (χ0v) is 20.1. The van der Waals surface area contributed by atoms with Crippen LogP contribution in [0.1, 0.15) is 59.8 Å². The first kappa shape index (κ1) is 29.3. The molecule has 0 rings (SSSR count). The van der Waals surface area contributed by atoms with Crippen molar-refractivity contribution in [2.24, 2.45) is 11.1 Å². The molecule has 0 aliphatic carbocycles. The van der Waals surface area contributed by atoms with Crippen LogP contribution in [-0.4, -0.2) is 61.5 Å². The molecule has 0 radical (unpaired) electrons. The summed E-state index contributed by atoms with van der Waals surface area (Å²) in [6.07, 6.45) is 3.82. The average Bonchev–Trinajstić information content (AvgIpc) is 2.64. The van der Waals surface area contributed by atoms with Crippen molar-refractivity contribution >= 4 is 11.8 Å². The van der Waals surface area contributed by atoms with Gasteiger partial charge in [0.1, 0.15) is 6.23 Å². The van der Waals surface area contributed by atoms with Crippen molar-refractivity contribution in [2.75, 3.05) is 26.7 Å². The Kier molecular flexibility index (Phi) is 13.5. The Morgan fingerprint density at radius 1 is 1.19 bits per heavy atom. The molecule has 0 fully saturated rings. The topological polar surface area (TPSA) is 126 Å². The average molecular weight is 441 g/mol. The van der Waals surface area contributed by atoms with Gasteiger partial charge in [0.2, 0.25) is 11.8 Å². The van der Waals surface area contributed by atoms with Gasteiger partial charge in [0.05, 0.1) is 18.2 Å². The Labute approximate surface area is 188 Å². The number of likely N-dealkylation sites (N-methyl/N-ethyl adjacent to an activating group) is 1. The van der Waals surface area contributed by atoms with Gasteiger partial charge in [-0.1, -0.05) is 26.5 Å². The zero-order valence-electron chi connectivity index (χ0n) is 20.1. The molecule has 0 aliphatic heterocycles. The van der Waals surface area contributed by atoms with Gasteiger partial charge in [-0.3, -0.25) is 14.9 Å². The number of aliphatic hydroxyl groups is 1. The largest absolute Gasteiger partial charge is 0.375 e.